The second kappa shape index (κ2) is 11.5. The van der Waals surface area contributed by atoms with Crippen LogP contribution in [0.2, 0.25) is 0 Å². The quantitative estimate of drug-likeness (QED) is 0.378. The molecule has 1 heterocycles. The summed E-state index contributed by atoms with van der Waals surface area (Å²) in [6.07, 6.45) is 9.02. The van der Waals surface area contributed by atoms with Gasteiger partial charge in [-0.15, -0.1) is 12.4 Å². The SMILES string of the molecule is CCCCCCCCc1ccc(-c2noc(CN=C(N)N)n2)cc1.Cl. The van der Waals surface area contributed by atoms with Crippen molar-refractivity contribution in [2.24, 2.45) is 16.5 Å². The minimum absolute atomic E-state index is 0. The van der Waals surface area contributed by atoms with Gasteiger partial charge in [-0.05, 0) is 18.4 Å². The first-order valence-electron chi connectivity index (χ1n) is 8.66. The molecule has 7 heteroatoms. The third kappa shape index (κ3) is 7.56. The zero-order valence-electron chi connectivity index (χ0n) is 14.8. The summed E-state index contributed by atoms with van der Waals surface area (Å²) in [4.78, 5) is 8.14. The number of guanidine groups is 1. The molecule has 0 unspecified atom stereocenters. The van der Waals surface area contributed by atoms with E-state index in [2.05, 4.69) is 34.2 Å². The lowest BCUT2D eigenvalue weighted by atomic mass is 10.0. The highest BCUT2D eigenvalue weighted by atomic mass is 35.5. The van der Waals surface area contributed by atoms with E-state index in [1.807, 2.05) is 12.1 Å². The lowest BCUT2D eigenvalue weighted by molar-refractivity contribution is 0.381. The molecule has 0 fully saturated rings. The highest BCUT2D eigenvalue weighted by molar-refractivity contribution is 5.85. The molecule has 2 aromatic rings. The van der Waals surface area contributed by atoms with Crippen LogP contribution in [-0.2, 0) is 13.0 Å². The Labute approximate surface area is 155 Å². The van der Waals surface area contributed by atoms with Gasteiger partial charge in [-0.25, -0.2) is 4.99 Å². The molecule has 25 heavy (non-hydrogen) atoms. The molecular weight excluding hydrogens is 338 g/mol. The summed E-state index contributed by atoms with van der Waals surface area (Å²) < 4.78 is 5.13. The van der Waals surface area contributed by atoms with E-state index in [1.54, 1.807) is 0 Å². The van der Waals surface area contributed by atoms with Gasteiger partial charge in [0.15, 0.2) is 5.96 Å². The minimum Gasteiger partial charge on any atom is -0.370 e. The monoisotopic (exact) mass is 365 g/mol. The first-order valence-corrected chi connectivity index (χ1v) is 8.66. The number of rotatable bonds is 10. The van der Waals surface area contributed by atoms with Crippen molar-refractivity contribution in [1.29, 1.82) is 0 Å². The fourth-order valence-electron chi connectivity index (χ4n) is 2.53. The maximum atomic E-state index is 5.29. The number of nitrogens with two attached hydrogens (primary N) is 2. The zero-order chi connectivity index (χ0) is 17.2. The van der Waals surface area contributed by atoms with E-state index in [4.69, 9.17) is 16.0 Å². The molecule has 6 nitrogen and oxygen atoms in total. The van der Waals surface area contributed by atoms with Gasteiger partial charge >= 0.3 is 0 Å². The van der Waals surface area contributed by atoms with Crippen LogP contribution in [0.25, 0.3) is 11.4 Å². The molecule has 4 N–H and O–H groups in total. The number of benzene rings is 1. The standard InChI is InChI=1S/C18H27N5O.ClH/c1-2-3-4-5-6-7-8-14-9-11-15(12-10-14)17-22-16(24-23-17)13-21-18(19)20;/h9-12H,2-8,13H2,1H3,(H4,19,20,21);1H. The van der Waals surface area contributed by atoms with E-state index in [-0.39, 0.29) is 24.9 Å². The predicted octanol–water partition coefficient (Wildman–Crippen LogP) is 3.83. The molecule has 0 amide bonds. The molecule has 0 atom stereocenters. The first-order chi connectivity index (χ1) is 11.7. The Morgan fingerprint density at radius 1 is 1.04 bits per heavy atom. The van der Waals surface area contributed by atoms with E-state index in [1.165, 1.54) is 44.1 Å². The first kappa shape index (κ1) is 21.0. The highest BCUT2D eigenvalue weighted by Crippen LogP contribution is 2.18. The third-order valence-electron chi connectivity index (χ3n) is 3.90. The summed E-state index contributed by atoms with van der Waals surface area (Å²) in [6.45, 7) is 2.45. The second-order valence-electron chi connectivity index (χ2n) is 5.97. The van der Waals surface area contributed by atoms with Crippen LogP contribution in [-0.4, -0.2) is 16.1 Å². The van der Waals surface area contributed by atoms with Crippen molar-refractivity contribution in [2.75, 3.05) is 0 Å². The molecule has 0 aliphatic carbocycles. The van der Waals surface area contributed by atoms with Gasteiger partial charge < -0.3 is 16.0 Å². The largest absolute Gasteiger partial charge is 0.370 e. The Kier molecular flexibility index (Phi) is 9.62. The molecule has 0 saturated heterocycles. The van der Waals surface area contributed by atoms with Crippen molar-refractivity contribution in [2.45, 2.75) is 58.4 Å². The molecule has 1 aromatic carbocycles. The van der Waals surface area contributed by atoms with Gasteiger partial charge in [-0.2, -0.15) is 4.98 Å². The van der Waals surface area contributed by atoms with Gasteiger partial charge in [0.05, 0.1) is 0 Å². The fourth-order valence-corrected chi connectivity index (χ4v) is 2.53. The lowest BCUT2D eigenvalue weighted by Gasteiger charge is -2.03. The third-order valence-corrected chi connectivity index (χ3v) is 3.90. The summed E-state index contributed by atoms with van der Waals surface area (Å²) in [7, 11) is 0. The van der Waals surface area contributed by atoms with Gasteiger partial charge in [0, 0.05) is 5.56 Å². The summed E-state index contributed by atoms with van der Waals surface area (Å²) in [5, 5.41) is 3.96. The average molecular weight is 366 g/mol. The van der Waals surface area contributed by atoms with Crippen molar-refractivity contribution < 1.29 is 4.52 Å². The van der Waals surface area contributed by atoms with E-state index in [0.29, 0.717) is 11.7 Å². The lowest BCUT2D eigenvalue weighted by Crippen LogP contribution is -2.22. The van der Waals surface area contributed by atoms with Gasteiger partial charge in [-0.1, -0.05) is 68.4 Å². The molecule has 0 saturated carbocycles. The summed E-state index contributed by atoms with van der Waals surface area (Å²) in [6, 6.07) is 8.32. The maximum Gasteiger partial charge on any atom is 0.248 e. The number of unbranched alkanes of at least 4 members (excludes halogenated alkanes) is 5. The average Bonchev–Trinajstić information content (AvgIpc) is 3.06. The molecule has 138 valence electrons. The van der Waals surface area contributed by atoms with Crippen LogP contribution < -0.4 is 11.5 Å². The van der Waals surface area contributed by atoms with Crippen molar-refractivity contribution in [3.63, 3.8) is 0 Å². The van der Waals surface area contributed by atoms with Crippen LogP contribution >= 0.6 is 12.4 Å². The number of hydrogen-bond acceptors (Lipinski definition) is 4. The van der Waals surface area contributed by atoms with Crippen molar-refractivity contribution in [3.05, 3.63) is 35.7 Å². The molecule has 0 radical (unpaired) electrons. The van der Waals surface area contributed by atoms with Crippen LogP contribution in [0.5, 0.6) is 0 Å². The number of hydrogen-bond donors (Lipinski definition) is 2. The summed E-state index contributed by atoms with van der Waals surface area (Å²) in [5.74, 6) is 0.963. The van der Waals surface area contributed by atoms with Crippen molar-refractivity contribution >= 4 is 18.4 Å². The molecule has 0 aliphatic heterocycles. The Hall–Kier alpha value is -2.08. The molecule has 1 aromatic heterocycles. The Morgan fingerprint density at radius 2 is 1.72 bits per heavy atom. The van der Waals surface area contributed by atoms with E-state index >= 15 is 0 Å². The number of aromatic nitrogens is 2. The van der Waals surface area contributed by atoms with E-state index in [9.17, 15) is 0 Å². The number of aliphatic imine (C=N–C) groups is 1. The molecule has 0 bridgehead atoms. The van der Waals surface area contributed by atoms with E-state index in [0.717, 1.165) is 12.0 Å². The molecule has 2 rings (SSSR count). The zero-order valence-corrected chi connectivity index (χ0v) is 15.6. The smallest absolute Gasteiger partial charge is 0.248 e. The maximum absolute atomic E-state index is 5.29. The summed E-state index contributed by atoms with van der Waals surface area (Å²) in [5.41, 5.74) is 12.9. The van der Waals surface area contributed by atoms with Crippen LogP contribution in [0.4, 0.5) is 0 Å². The van der Waals surface area contributed by atoms with Gasteiger partial charge in [0.1, 0.15) is 6.54 Å². The molecular formula is C18H28ClN5O. The Balaban J connectivity index is 0.00000312. The van der Waals surface area contributed by atoms with Crippen LogP contribution in [0, 0.1) is 0 Å². The van der Waals surface area contributed by atoms with Crippen LogP contribution in [0.15, 0.2) is 33.8 Å². The van der Waals surface area contributed by atoms with Crippen molar-refractivity contribution in [3.8, 4) is 11.4 Å². The Morgan fingerprint density at radius 3 is 2.40 bits per heavy atom. The molecule has 0 aliphatic rings. The van der Waals surface area contributed by atoms with Gasteiger partial charge in [0.25, 0.3) is 0 Å². The normalized spacial score (nSPS) is 10.3. The predicted molar refractivity (Wildman–Crippen MR) is 104 cm³/mol. The minimum atomic E-state index is 0. The van der Waals surface area contributed by atoms with Crippen LogP contribution in [0.3, 0.4) is 0 Å². The fraction of sp³-hybridized carbons (Fsp3) is 0.500. The van der Waals surface area contributed by atoms with Crippen molar-refractivity contribution in [1.82, 2.24) is 10.1 Å². The van der Waals surface area contributed by atoms with E-state index < -0.39 is 0 Å². The molecule has 0 spiro atoms. The van der Waals surface area contributed by atoms with Gasteiger partial charge in [-0.3, -0.25) is 0 Å². The number of halogens is 1. The Bertz CT molecular complexity index is 635. The summed E-state index contributed by atoms with van der Waals surface area (Å²) >= 11 is 0. The second-order valence-corrected chi connectivity index (χ2v) is 5.97. The number of nitrogens with zero attached hydrogens (tertiary/aromatic N) is 3. The van der Waals surface area contributed by atoms with Gasteiger partial charge in [0.2, 0.25) is 11.7 Å². The highest BCUT2D eigenvalue weighted by Gasteiger charge is 2.08. The topological polar surface area (TPSA) is 103 Å². The van der Waals surface area contributed by atoms with Crippen LogP contribution in [0.1, 0.15) is 56.9 Å². The number of aryl methyl sites for hydroxylation is 1.